The average Bonchev–Trinajstić information content (AvgIpc) is 2.42. The number of aliphatic hydroxyl groups is 1. The van der Waals surface area contributed by atoms with Gasteiger partial charge in [-0.25, -0.2) is 0 Å². The van der Waals surface area contributed by atoms with Gasteiger partial charge in [-0.3, -0.25) is 0 Å². The molecule has 1 saturated heterocycles. The summed E-state index contributed by atoms with van der Waals surface area (Å²) < 4.78 is 0. The first-order chi connectivity index (χ1) is 9.08. The third kappa shape index (κ3) is 3.78. The molecule has 3 heteroatoms. The molecule has 0 saturated carbocycles. The van der Waals surface area contributed by atoms with Gasteiger partial charge in [0.25, 0.3) is 0 Å². The van der Waals surface area contributed by atoms with E-state index in [1.807, 2.05) is 30.3 Å². The maximum Gasteiger partial charge on any atom is 0.0914 e. The first-order valence-corrected chi connectivity index (χ1v) is 7.24. The molecule has 2 rings (SSSR count). The third-order valence-corrected chi connectivity index (χ3v) is 4.37. The van der Waals surface area contributed by atoms with Gasteiger partial charge in [0.15, 0.2) is 0 Å². The first-order valence-electron chi connectivity index (χ1n) is 7.24. The molecule has 4 unspecified atom stereocenters. The lowest BCUT2D eigenvalue weighted by atomic mass is 9.89. The Morgan fingerprint density at radius 2 is 2.00 bits per heavy atom. The smallest absolute Gasteiger partial charge is 0.0914 e. The van der Waals surface area contributed by atoms with Crippen molar-refractivity contribution in [2.45, 2.75) is 38.5 Å². The van der Waals surface area contributed by atoms with Gasteiger partial charge in [0, 0.05) is 25.2 Å². The molecule has 1 heterocycles. The van der Waals surface area contributed by atoms with Crippen LogP contribution in [0, 0.1) is 5.92 Å². The predicted molar refractivity (Wildman–Crippen MR) is 79.1 cm³/mol. The molecule has 0 aliphatic carbocycles. The third-order valence-electron chi connectivity index (χ3n) is 4.37. The molecule has 0 amide bonds. The summed E-state index contributed by atoms with van der Waals surface area (Å²) in [5.41, 5.74) is 0.989. The van der Waals surface area contributed by atoms with E-state index in [1.54, 1.807) is 0 Å². The highest BCUT2D eigenvalue weighted by molar-refractivity contribution is 5.17. The van der Waals surface area contributed by atoms with Crippen molar-refractivity contribution in [2.75, 3.05) is 20.1 Å². The topological polar surface area (TPSA) is 35.5 Å². The molecule has 0 bridgehead atoms. The molecule has 2 N–H and O–H groups in total. The van der Waals surface area contributed by atoms with Crippen molar-refractivity contribution in [3.63, 3.8) is 0 Å². The van der Waals surface area contributed by atoms with E-state index < -0.39 is 6.10 Å². The molecule has 4 atom stereocenters. The molecule has 0 spiro atoms. The predicted octanol–water partition coefficient (Wildman–Crippen LogP) is 2.04. The molecule has 1 aromatic rings. The van der Waals surface area contributed by atoms with Crippen LogP contribution in [-0.4, -0.2) is 42.2 Å². The van der Waals surface area contributed by atoms with Crippen LogP contribution in [0.2, 0.25) is 0 Å². The minimum Gasteiger partial charge on any atom is -0.387 e. The number of nitrogens with one attached hydrogen (secondary N) is 1. The fraction of sp³-hybridized carbons (Fsp3) is 0.625. The molecule has 3 nitrogen and oxygen atoms in total. The largest absolute Gasteiger partial charge is 0.387 e. The number of piperidine rings is 1. The van der Waals surface area contributed by atoms with Crippen LogP contribution < -0.4 is 5.32 Å². The van der Waals surface area contributed by atoms with E-state index in [0.717, 1.165) is 18.5 Å². The van der Waals surface area contributed by atoms with Gasteiger partial charge >= 0.3 is 0 Å². The van der Waals surface area contributed by atoms with Gasteiger partial charge in [-0.1, -0.05) is 37.3 Å². The van der Waals surface area contributed by atoms with E-state index in [0.29, 0.717) is 24.5 Å². The molecule has 19 heavy (non-hydrogen) atoms. The quantitative estimate of drug-likeness (QED) is 0.871. The normalized spacial score (nSPS) is 30.2. The van der Waals surface area contributed by atoms with Gasteiger partial charge in [-0.2, -0.15) is 0 Å². The van der Waals surface area contributed by atoms with Crippen molar-refractivity contribution >= 4 is 0 Å². The Balaban J connectivity index is 1.85. The van der Waals surface area contributed by atoms with Crippen molar-refractivity contribution in [3.05, 3.63) is 35.9 Å². The summed E-state index contributed by atoms with van der Waals surface area (Å²) in [6.45, 7) is 6.32. The number of hydrogen-bond donors (Lipinski definition) is 2. The van der Waals surface area contributed by atoms with Crippen molar-refractivity contribution in [1.29, 1.82) is 0 Å². The zero-order valence-corrected chi connectivity index (χ0v) is 12.2. The zero-order valence-electron chi connectivity index (χ0n) is 12.2. The summed E-state index contributed by atoms with van der Waals surface area (Å²) in [5, 5.41) is 13.7. The second kappa shape index (κ2) is 6.51. The van der Waals surface area contributed by atoms with Gasteiger partial charge < -0.3 is 15.3 Å². The summed E-state index contributed by atoms with van der Waals surface area (Å²) in [6, 6.07) is 11.0. The highest BCUT2D eigenvalue weighted by Gasteiger charge is 2.28. The van der Waals surface area contributed by atoms with Crippen molar-refractivity contribution in [2.24, 2.45) is 5.92 Å². The number of nitrogens with zero attached hydrogens (tertiary/aromatic N) is 1. The fourth-order valence-electron chi connectivity index (χ4n) is 2.88. The number of hydrogen-bond acceptors (Lipinski definition) is 3. The van der Waals surface area contributed by atoms with Crippen LogP contribution in [0.25, 0.3) is 0 Å². The summed E-state index contributed by atoms with van der Waals surface area (Å²) in [6.07, 6.45) is 0.738. The number of likely N-dealkylation sites (tertiary alicyclic amines) is 1. The second-order valence-corrected chi connectivity index (χ2v) is 5.94. The van der Waals surface area contributed by atoms with E-state index >= 15 is 0 Å². The van der Waals surface area contributed by atoms with Crippen molar-refractivity contribution < 1.29 is 5.11 Å². The van der Waals surface area contributed by atoms with Crippen molar-refractivity contribution in [3.8, 4) is 0 Å². The Morgan fingerprint density at radius 1 is 1.32 bits per heavy atom. The SMILES string of the molecule is CC1CN(C)C(C)CC1NCC(O)c1ccccc1. The highest BCUT2D eigenvalue weighted by Crippen LogP contribution is 2.21. The fourth-order valence-corrected chi connectivity index (χ4v) is 2.88. The van der Waals surface area contributed by atoms with Gasteiger partial charge in [-0.05, 0) is 31.9 Å². The van der Waals surface area contributed by atoms with Crippen LogP contribution in [0.1, 0.15) is 31.9 Å². The van der Waals surface area contributed by atoms with E-state index in [-0.39, 0.29) is 0 Å². The highest BCUT2D eigenvalue weighted by atomic mass is 16.3. The van der Waals surface area contributed by atoms with Crippen LogP contribution in [-0.2, 0) is 0 Å². The molecule has 1 aromatic carbocycles. The van der Waals surface area contributed by atoms with Crippen LogP contribution in [0.4, 0.5) is 0 Å². The second-order valence-electron chi connectivity index (χ2n) is 5.94. The Hall–Kier alpha value is -0.900. The van der Waals surface area contributed by atoms with E-state index in [2.05, 4.69) is 31.1 Å². The molecular weight excluding hydrogens is 236 g/mol. The van der Waals surface area contributed by atoms with Crippen LogP contribution in [0.15, 0.2) is 30.3 Å². The maximum absolute atomic E-state index is 10.2. The zero-order chi connectivity index (χ0) is 13.8. The molecule has 0 radical (unpaired) electrons. The van der Waals surface area contributed by atoms with Crippen LogP contribution in [0.5, 0.6) is 0 Å². The van der Waals surface area contributed by atoms with Gasteiger partial charge in [0.2, 0.25) is 0 Å². The average molecular weight is 262 g/mol. The Kier molecular flexibility index (Phi) is 4.97. The first kappa shape index (κ1) is 14.5. The van der Waals surface area contributed by atoms with Gasteiger partial charge in [-0.15, -0.1) is 0 Å². The van der Waals surface area contributed by atoms with E-state index in [4.69, 9.17) is 0 Å². The monoisotopic (exact) mass is 262 g/mol. The standard InChI is InChI=1S/C16H26N2O/c1-12-11-18(3)13(2)9-15(12)17-10-16(19)14-7-5-4-6-8-14/h4-8,12-13,15-17,19H,9-11H2,1-3H3. The molecule has 106 valence electrons. The number of benzene rings is 1. The minimum absolute atomic E-state index is 0.414. The molecular formula is C16H26N2O. The Morgan fingerprint density at radius 3 is 2.68 bits per heavy atom. The minimum atomic E-state index is -0.414. The Labute approximate surface area is 116 Å². The van der Waals surface area contributed by atoms with Gasteiger partial charge in [0.05, 0.1) is 6.10 Å². The van der Waals surface area contributed by atoms with E-state index in [1.165, 1.54) is 0 Å². The summed E-state index contributed by atoms with van der Waals surface area (Å²) in [4.78, 5) is 2.41. The molecule has 1 aliphatic rings. The molecule has 0 aromatic heterocycles. The number of aliphatic hydroxyl groups excluding tert-OH is 1. The summed E-state index contributed by atoms with van der Waals surface area (Å²) in [7, 11) is 2.19. The molecule has 1 fully saturated rings. The lowest BCUT2D eigenvalue weighted by Crippen LogP contribution is -2.51. The summed E-state index contributed by atoms with van der Waals surface area (Å²) in [5.74, 6) is 0.629. The lowest BCUT2D eigenvalue weighted by molar-refractivity contribution is 0.106. The van der Waals surface area contributed by atoms with Gasteiger partial charge in [0.1, 0.15) is 0 Å². The molecule has 1 aliphatic heterocycles. The summed E-state index contributed by atoms with van der Waals surface area (Å²) >= 11 is 0. The maximum atomic E-state index is 10.2. The van der Waals surface area contributed by atoms with Crippen molar-refractivity contribution in [1.82, 2.24) is 10.2 Å². The number of rotatable bonds is 4. The van der Waals surface area contributed by atoms with Crippen LogP contribution >= 0.6 is 0 Å². The van der Waals surface area contributed by atoms with Crippen LogP contribution in [0.3, 0.4) is 0 Å². The lowest BCUT2D eigenvalue weighted by Gasteiger charge is -2.40. The van der Waals surface area contributed by atoms with E-state index in [9.17, 15) is 5.11 Å². The Bertz CT molecular complexity index is 382.